The van der Waals surface area contributed by atoms with E-state index in [1.165, 1.54) is 6.92 Å². The van der Waals surface area contributed by atoms with Crippen LogP contribution in [0.1, 0.15) is 107 Å². The van der Waals surface area contributed by atoms with Crippen molar-refractivity contribution >= 4 is 5.97 Å². The average Bonchev–Trinajstić information content (AvgIpc) is 3.31. The number of hydrogen-bond acceptors (Lipinski definition) is 6. The van der Waals surface area contributed by atoms with Gasteiger partial charge in [-0.05, 0) is 99.2 Å². The third-order valence-electron chi connectivity index (χ3n) is 12.9. The van der Waals surface area contributed by atoms with Crippen molar-refractivity contribution in [3.05, 3.63) is 11.6 Å². The van der Waals surface area contributed by atoms with Crippen molar-refractivity contribution in [2.24, 2.45) is 45.3 Å². The van der Waals surface area contributed by atoms with Crippen LogP contribution in [-0.4, -0.2) is 51.5 Å². The molecule has 1 aliphatic heterocycles. The minimum atomic E-state index is -1.27. The topological polar surface area (TPSA) is 96.2 Å². The predicted molar refractivity (Wildman–Crippen MR) is 146 cm³/mol. The van der Waals surface area contributed by atoms with E-state index in [1.54, 1.807) is 19.4 Å². The molecule has 1 heterocycles. The summed E-state index contributed by atoms with van der Waals surface area (Å²) in [4.78, 5) is 11.9. The largest absolute Gasteiger partial charge is 0.462 e. The lowest BCUT2D eigenvalue weighted by molar-refractivity contribution is -0.177. The third-order valence-corrected chi connectivity index (χ3v) is 12.9. The van der Waals surface area contributed by atoms with Crippen LogP contribution in [-0.2, 0) is 14.3 Å². The fourth-order valence-electron chi connectivity index (χ4n) is 10.6. The van der Waals surface area contributed by atoms with Gasteiger partial charge in [-0.3, -0.25) is 4.79 Å². The molecule has 0 bridgehead atoms. The molecule has 0 aromatic carbocycles. The summed E-state index contributed by atoms with van der Waals surface area (Å²) in [6.07, 6.45) is 8.11. The Morgan fingerprint density at radius 3 is 2.42 bits per heavy atom. The van der Waals surface area contributed by atoms with Gasteiger partial charge in [-0.25, -0.2) is 0 Å². The Morgan fingerprint density at radius 2 is 1.79 bits per heavy atom. The van der Waals surface area contributed by atoms with E-state index in [0.29, 0.717) is 24.2 Å². The summed E-state index contributed by atoms with van der Waals surface area (Å²) >= 11 is 0. The standard InChI is InChI=1S/C32H52O6/c1-18(33)37-25-13-14-30(6)21-12-16-31(7)20(19-17-23(38-27(19)35)26(34)29(4,5)36)11-15-32(31,8)22(21)9-10-24(30)28(25,2)3/h9,19-21,23-27,34-36H,10-17H2,1-8H3/t19-,20+,21+,23-,24-,25+,26+,27+,30-,31+,32-/m1/s1. The predicted octanol–water partition coefficient (Wildman–Crippen LogP) is 5.38. The van der Waals surface area contributed by atoms with E-state index in [2.05, 4.69) is 40.7 Å². The van der Waals surface area contributed by atoms with Gasteiger partial charge in [-0.1, -0.05) is 46.3 Å². The number of ether oxygens (including phenoxy) is 2. The molecule has 5 aliphatic rings. The Labute approximate surface area is 229 Å². The highest BCUT2D eigenvalue weighted by atomic mass is 16.6. The van der Waals surface area contributed by atoms with Crippen LogP contribution >= 0.6 is 0 Å². The van der Waals surface area contributed by atoms with Crippen molar-refractivity contribution in [1.29, 1.82) is 0 Å². The molecule has 0 unspecified atom stereocenters. The van der Waals surface area contributed by atoms with Crippen molar-refractivity contribution in [3.63, 3.8) is 0 Å². The molecule has 6 nitrogen and oxygen atoms in total. The molecule has 3 N–H and O–H groups in total. The van der Waals surface area contributed by atoms with Crippen LogP contribution in [0, 0.1) is 45.3 Å². The van der Waals surface area contributed by atoms with E-state index in [9.17, 15) is 20.1 Å². The maximum Gasteiger partial charge on any atom is 0.302 e. The van der Waals surface area contributed by atoms with Crippen LogP contribution in [0.5, 0.6) is 0 Å². The summed E-state index contributed by atoms with van der Waals surface area (Å²) in [6.45, 7) is 16.8. The molecule has 6 heteroatoms. The van der Waals surface area contributed by atoms with E-state index < -0.39 is 24.1 Å². The first-order valence-electron chi connectivity index (χ1n) is 15.1. The van der Waals surface area contributed by atoms with Gasteiger partial charge in [0, 0.05) is 18.3 Å². The smallest absolute Gasteiger partial charge is 0.302 e. The molecular weight excluding hydrogens is 480 g/mol. The summed E-state index contributed by atoms with van der Waals surface area (Å²) in [6, 6.07) is 0. The molecular formula is C32H52O6. The van der Waals surface area contributed by atoms with E-state index in [0.717, 1.165) is 44.9 Å². The molecule has 11 atom stereocenters. The number of hydrogen-bond donors (Lipinski definition) is 3. The SMILES string of the molecule is CC(=O)O[C@H]1CC[C@@]2(C)[C@H](CC=C3[C@@H]2CC[C@@]2(C)[C@H]([C@H]4C[C@H]([C@H](O)C(C)(C)O)O[C@@H]4O)CC[C@]32C)C1(C)C. The first-order chi connectivity index (χ1) is 17.5. The highest BCUT2D eigenvalue weighted by molar-refractivity contribution is 5.66. The second-order valence-electron chi connectivity index (χ2n) is 15.5. The molecule has 0 amide bonds. The van der Waals surface area contributed by atoms with Gasteiger partial charge in [-0.15, -0.1) is 0 Å². The Hall–Kier alpha value is -0.950. The van der Waals surface area contributed by atoms with Crippen LogP contribution < -0.4 is 0 Å². The van der Waals surface area contributed by atoms with Gasteiger partial charge >= 0.3 is 5.97 Å². The Balaban J connectivity index is 1.42. The maximum absolute atomic E-state index is 11.9. The van der Waals surface area contributed by atoms with Crippen LogP contribution in [0.2, 0.25) is 0 Å². The molecule has 0 spiro atoms. The number of fused-ring (bicyclic) bond motifs is 5. The molecule has 216 valence electrons. The van der Waals surface area contributed by atoms with Gasteiger partial charge in [0.1, 0.15) is 12.2 Å². The summed E-state index contributed by atoms with van der Waals surface area (Å²) in [7, 11) is 0. The fraction of sp³-hybridized carbons (Fsp3) is 0.906. The minimum Gasteiger partial charge on any atom is -0.462 e. The van der Waals surface area contributed by atoms with Gasteiger partial charge in [0.15, 0.2) is 6.29 Å². The van der Waals surface area contributed by atoms with E-state index in [4.69, 9.17) is 9.47 Å². The molecule has 0 aromatic heterocycles. The van der Waals surface area contributed by atoms with Crippen LogP contribution in [0.3, 0.4) is 0 Å². The molecule has 38 heavy (non-hydrogen) atoms. The average molecular weight is 533 g/mol. The number of esters is 1. The van der Waals surface area contributed by atoms with Crippen LogP contribution in [0.4, 0.5) is 0 Å². The van der Waals surface area contributed by atoms with E-state index >= 15 is 0 Å². The normalized spacial score (nSPS) is 48.9. The van der Waals surface area contributed by atoms with Crippen molar-refractivity contribution in [2.75, 3.05) is 0 Å². The van der Waals surface area contributed by atoms with E-state index in [-0.39, 0.29) is 39.7 Å². The summed E-state index contributed by atoms with van der Waals surface area (Å²) in [5.41, 5.74) is 0.597. The highest BCUT2D eigenvalue weighted by Gasteiger charge is 2.67. The maximum atomic E-state index is 11.9. The molecule has 4 aliphatic carbocycles. The number of carbonyl (C=O) groups excluding carboxylic acids is 1. The fourth-order valence-corrected chi connectivity index (χ4v) is 10.6. The minimum absolute atomic E-state index is 0.0237. The van der Waals surface area contributed by atoms with Crippen LogP contribution in [0.15, 0.2) is 11.6 Å². The summed E-state index contributed by atoms with van der Waals surface area (Å²) in [5.74, 6) is 1.11. The lowest BCUT2D eigenvalue weighted by Gasteiger charge is -2.64. The van der Waals surface area contributed by atoms with E-state index in [1.807, 2.05) is 0 Å². The summed E-state index contributed by atoms with van der Waals surface area (Å²) in [5, 5.41) is 32.1. The third kappa shape index (κ3) is 3.98. The zero-order valence-electron chi connectivity index (χ0n) is 24.9. The molecule has 1 saturated heterocycles. The monoisotopic (exact) mass is 532 g/mol. The highest BCUT2D eigenvalue weighted by Crippen LogP contribution is 2.74. The van der Waals surface area contributed by atoms with Gasteiger partial charge < -0.3 is 24.8 Å². The molecule has 5 rings (SSSR count). The van der Waals surface area contributed by atoms with Gasteiger partial charge in [0.2, 0.25) is 0 Å². The van der Waals surface area contributed by atoms with Gasteiger partial charge in [0.05, 0.1) is 11.7 Å². The number of allylic oxidation sites excluding steroid dienone is 2. The Kier molecular flexibility index (Phi) is 6.79. The van der Waals surface area contributed by atoms with Crippen molar-refractivity contribution in [3.8, 4) is 0 Å². The molecule has 0 radical (unpaired) electrons. The number of aliphatic hydroxyl groups is 3. The number of carbonyl (C=O) groups is 1. The quantitative estimate of drug-likeness (QED) is 0.332. The van der Waals surface area contributed by atoms with Gasteiger partial charge in [0.25, 0.3) is 0 Å². The molecule has 4 fully saturated rings. The van der Waals surface area contributed by atoms with Crippen molar-refractivity contribution < 1.29 is 29.6 Å². The van der Waals surface area contributed by atoms with Crippen molar-refractivity contribution in [1.82, 2.24) is 0 Å². The summed E-state index contributed by atoms with van der Waals surface area (Å²) < 4.78 is 11.7. The van der Waals surface area contributed by atoms with Crippen LogP contribution in [0.25, 0.3) is 0 Å². The lowest BCUT2D eigenvalue weighted by atomic mass is 9.41. The molecule has 3 saturated carbocycles. The number of rotatable bonds is 4. The zero-order valence-corrected chi connectivity index (χ0v) is 24.9. The first-order valence-corrected chi connectivity index (χ1v) is 15.1. The lowest BCUT2D eigenvalue weighted by Crippen LogP contribution is -2.58. The number of aliphatic hydroxyl groups excluding tert-OH is 2. The second-order valence-corrected chi connectivity index (χ2v) is 15.5. The zero-order chi connectivity index (χ0) is 28.1. The Bertz CT molecular complexity index is 981. The first kappa shape index (κ1) is 28.6. The van der Waals surface area contributed by atoms with Gasteiger partial charge in [-0.2, -0.15) is 0 Å². The Morgan fingerprint density at radius 1 is 1.11 bits per heavy atom. The van der Waals surface area contributed by atoms with Crippen molar-refractivity contribution in [2.45, 2.75) is 137 Å². The molecule has 0 aromatic rings. The second kappa shape index (κ2) is 9.03.